The summed E-state index contributed by atoms with van der Waals surface area (Å²) in [6, 6.07) is 6.24. The molecule has 158 valence electrons. The van der Waals surface area contributed by atoms with Crippen molar-refractivity contribution in [2.45, 2.75) is 33.2 Å². The predicted octanol–water partition coefficient (Wildman–Crippen LogP) is 2.31. The molecular weight excluding hydrogens is 384 g/mol. The molecular formula is C23H26N2O5. The number of benzene rings is 1. The molecule has 1 N–H and O–H groups in total. The monoisotopic (exact) mass is 410 g/mol. The van der Waals surface area contributed by atoms with Gasteiger partial charge < -0.3 is 10.1 Å². The normalized spacial score (nSPS) is 27.5. The molecule has 0 aromatic heterocycles. The molecule has 7 nitrogen and oxygen atoms in total. The first-order chi connectivity index (χ1) is 14.3. The standard InChI is InChI=1S/C23H26N2O5/c1-12(2)20(23(29)30-11-17(26)24-16-6-4-5-13(3)9-16)25-21(27)18-14-7-8-15(10-14)19(18)22(25)28/h4-9,12,14-15,18-20H,10-11H2,1-3H3,(H,24,26)/t14-,15-,18-,19-,20-/m0/s1. The lowest BCUT2D eigenvalue weighted by Gasteiger charge is -2.28. The molecule has 3 amide bonds. The third-order valence-electron chi connectivity index (χ3n) is 6.30. The van der Waals surface area contributed by atoms with Gasteiger partial charge in [0.15, 0.2) is 6.61 Å². The van der Waals surface area contributed by atoms with E-state index in [0.29, 0.717) is 5.69 Å². The Morgan fingerprint density at radius 3 is 2.33 bits per heavy atom. The highest BCUT2D eigenvalue weighted by Gasteiger charge is 2.61. The predicted molar refractivity (Wildman–Crippen MR) is 109 cm³/mol. The van der Waals surface area contributed by atoms with Gasteiger partial charge in [-0.2, -0.15) is 0 Å². The number of aryl methyl sites for hydroxylation is 1. The molecule has 7 heteroatoms. The number of imide groups is 1. The molecule has 2 aliphatic carbocycles. The molecule has 1 aromatic rings. The van der Waals surface area contributed by atoms with Crippen molar-refractivity contribution in [3.8, 4) is 0 Å². The Morgan fingerprint density at radius 1 is 1.13 bits per heavy atom. The van der Waals surface area contributed by atoms with Crippen molar-refractivity contribution in [1.82, 2.24) is 4.90 Å². The number of amides is 3. The molecule has 30 heavy (non-hydrogen) atoms. The highest BCUT2D eigenvalue weighted by atomic mass is 16.5. The summed E-state index contributed by atoms with van der Waals surface area (Å²) in [6.45, 7) is 4.95. The van der Waals surface area contributed by atoms with Crippen molar-refractivity contribution in [2.24, 2.45) is 29.6 Å². The lowest BCUT2D eigenvalue weighted by Crippen LogP contribution is -2.50. The largest absolute Gasteiger partial charge is 0.454 e. The Hall–Kier alpha value is -2.96. The summed E-state index contributed by atoms with van der Waals surface area (Å²) >= 11 is 0. The summed E-state index contributed by atoms with van der Waals surface area (Å²) < 4.78 is 5.22. The van der Waals surface area contributed by atoms with Crippen LogP contribution in [0.5, 0.6) is 0 Å². The van der Waals surface area contributed by atoms with E-state index in [0.717, 1.165) is 16.9 Å². The van der Waals surface area contributed by atoms with E-state index in [1.807, 2.05) is 31.2 Å². The maximum atomic E-state index is 13.0. The van der Waals surface area contributed by atoms with E-state index < -0.39 is 24.5 Å². The first kappa shape index (κ1) is 20.3. The fraction of sp³-hybridized carbons (Fsp3) is 0.478. The molecule has 3 aliphatic rings. The summed E-state index contributed by atoms with van der Waals surface area (Å²) in [6.07, 6.45) is 4.86. The zero-order valence-electron chi connectivity index (χ0n) is 17.3. The Morgan fingerprint density at radius 2 is 1.77 bits per heavy atom. The van der Waals surface area contributed by atoms with Gasteiger partial charge in [-0.25, -0.2) is 4.79 Å². The van der Waals surface area contributed by atoms with Crippen LogP contribution in [0.25, 0.3) is 0 Å². The van der Waals surface area contributed by atoms with Gasteiger partial charge in [-0.3, -0.25) is 19.3 Å². The van der Waals surface area contributed by atoms with Gasteiger partial charge >= 0.3 is 5.97 Å². The Kier molecular flexibility index (Phi) is 5.22. The first-order valence-electron chi connectivity index (χ1n) is 10.4. The maximum absolute atomic E-state index is 13.0. The number of nitrogens with one attached hydrogen (secondary N) is 1. The molecule has 4 rings (SSSR count). The zero-order valence-corrected chi connectivity index (χ0v) is 17.3. The third-order valence-corrected chi connectivity index (χ3v) is 6.30. The minimum atomic E-state index is -1.03. The summed E-state index contributed by atoms with van der Waals surface area (Å²) in [7, 11) is 0. The summed E-state index contributed by atoms with van der Waals surface area (Å²) in [4.78, 5) is 52.2. The molecule has 1 saturated carbocycles. The summed E-state index contributed by atoms with van der Waals surface area (Å²) in [5.41, 5.74) is 1.60. The van der Waals surface area contributed by atoms with Gasteiger partial charge in [0, 0.05) is 5.69 Å². The molecule has 0 unspecified atom stereocenters. The van der Waals surface area contributed by atoms with E-state index >= 15 is 0 Å². The van der Waals surface area contributed by atoms with E-state index in [2.05, 4.69) is 5.32 Å². The SMILES string of the molecule is Cc1cccc(NC(=O)COC(=O)[C@H](C(C)C)N2C(=O)[C@@H]3[C@@H](C2=O)[C@H]2C=C[C@H]3C2)c1. The van der Waals surface area contributed by atoms with Crippen LogP contribution in [-0.2, 0) is 23.9 Å². The van der Waals surface area contributed by atoms with Gasteiger partial charge in [0.1, 0.15) is 6.04 Å². The van der Waals surface area contributed by atoms with E-state index in [9.17, 15) is 19.2 Å². The van der Waals surface area contributed by atoms with Crippen molar-refractivity contribution in [3.63, 3.8) is 0 Å². The number of hydrogen-bond donors (Lipinski definition) is 1. The number of rotatable bonds is 6. The Bertz CT molecular complexity index is 907. The van der Waals surface area contributed by atoms with Crippen LogP contribution in [0.4, 0.5) is 5.69 Å². The number of hydrogen-bond acceptors (Lipinski definition) is 5. The number of fused-ring (bicyclic) bond motifs is 5. The van der Waals surface area contributed by atoms with Crippen molar-refractivity contribution in [1.29, 1.82) is 0 Å². The minimum Gasteiger partial charge on any atom is -0.454 e. The second-order valence-electron chi connectivity index (χ2n) is 8.76. The lowest BCUT2D eigenvalue weighted by molar-refractivity contribution is -0.162. The van der Waals surface area contributed by atoms with Gasteiger partial charge in [-0.1, -0.05) is 38.1 Å². The second kappa shape index (κ2) is 7.70. The average Bonchev–Trinajstić information content (AvgIpc) is 3.36. The van der Waals surface area contributed by atoms with E-state index in [1.165, 1.54) is 0 Å². The minimum absolute atomic E-state index is 0.0744. The summed E-state index contributed by atoms with van der Waals surface area (Å²) in [5, 5.41) is 2.67. The van der Waals surface area contributed by atoms with Gasteiger partial charge in [0.25, 0.3) is 5.91 Å². The molecule has 1 heterocycles. The quantitative estimate of drug-likeness (QED) is 0.441. The molecule has 1 saturated heterocycles. The molecule has 5 atom stereocenters. The highest BCUT2D eigenvalue weighted by Crippen LogP contribution is 2.53. The number of ether oxygens (including phenoxy) is 1. The molecule has 1 aliphatic heterocycles. The number of esters is 1. The summed E-state index contributed by atoms with van der Waals surface area (Å²) in [5.74, 6) is -2.70. The molecule has 1 aromatic carbocycles. The molecule has 0 radical (unpaired) electrons. The van der Waals surface area contributed by atoms with Crippen LogP contribution >= 0.6 is 0 Å². The lowest BCUT2D eigenvalue weighted by atomic mass is 9.85. The van der Waals surface area contributed by atoms with Gasteiger partial charge in [0.2, 0.25) is 11.8 Å². The average molecular weight is 410 g/mol. The van der Waals surface area contributed by atoms with Crippen LogP contribution < -0.4 is 5.32 Å². The van der Waals surface area contributed by atoms with E-state index in [-0.39, 0.29) is 41.4 Å². The van der Waals surface area contributed by atoms with Gasteiger partial charge in [-0.15, -0.1) is 0 Å². The van der Waals surface area contributed by atoms with Gasteiger partial charge in [-0.05, 0) is 48.8 Å². The van der Waals surface area contributed by atoms with E-state index in [1.54, 1.807) is 26.0 Å². The number of allylic oxidation sites excluding steroid dienone is 2. The topological polar surface area (TPSA) is 92.8 Å². The number of likely N-dealkylation sites (tertiary alicyclic amines) is 1. The van der Waals surface area contributed by atoms with Crippen LogP contribution in [0.1, 0.15) is 25.8 Å². The number of anilines is 1. The van der Waals surface area contributed by atoms with Crippen LogP contribution in [0, 0.1) is 36.5 Å². The Labute approximate surface area is 175 Å². The first-order valence-corrected chi connectivity index (χ1v) is 10.4. The molecule has 0 spiro atoms. The highest BCUT2D eigenvalue weighted by molar-refractivity contribution is 6.09. The smallest absolute Gasteiger partial charge is 0.330 e. The van der Waals surface area contributed by atoms with Crippen LogP contribution in [0.3, 0.4) is 0 Å². The number of nitrogens with zero attached hydrogens (tertiary/aromatic N) is 1. The van der Waals surface area contributed by atoms with Crippen LogP contribution in [0.2, 0.25) is 0 Å². The Balaban J connectivity index is 1.42. The zero-order chi connectivity index (χ0) is 21.6. The van der Waals surface area contributed by atoms with Crippen LogP contribution in [-0.4, -0.2) is 41.2 Å². The fourth-order valence-corrected chi connectivity index (χ4v) is 5.02. The van der Waals surface area contributed by atoms with Crippen LogP contribution in [0.15, 0.2) is 36.4 Å². The number of carbonyl (C=O) groups is 4. The number of carbonyl (C=O) groups excluding carboxylic acids is 4. The fourth-order valence-electron chi connectivity index (χ4n) is 5.02. The van der Waals surface area contributed by atoms with Crippen molar-refractivity contribution in [2.75, 3.05) is 11.9 Å². The van der Waals surface area contributed by atoms with Crippen molar-refractivity contribution >= 4 is 29.4 Å². The van der Waals surface area contributed by atoms with Crippen molar-refractivity contribution < 1.29 is 23.9 Å². The third kappa shape index (κ3) is 3.42. The van der Waals surface area contributed by atoms with Gasteiger partial charge in [0.05, 0.1) is 11.8 Å². The molecule has 2 bridgehead atoms. The van der Waals surface area contributed by atoms with Crippen molar-refractivity contribution in [3.05, 3.63) is 42.0 Å². The second-order valence-corrected chi connectivity index (χ2v) is 8.76. The maximum Gasteiger partial charge on any atom is 0.330 e. The van der Waals surface area contributed by atoms with E-state index in [4.69, 9.17) is 4.74 Å². The molecule has 2 fully saturated rings.